The van der Waals surface area contributed by atoms with Crippen molar-refractivity contribution in [3.63, 3.8) is 0 Å². The van der Waals surface area contributed by atoms with Gasteiger partial charge in [0, 0.05) is 19.1 Å². The predicted octanol–water partition coefficient (Wildman–Crippen LogP) is 1.84. The molecule has 1 amide bonds. The van der Waals surface area contributed by atoms with Gasteiger partial charge in [0.05, 0.1) is 17.3 Å². The summed E-state index contributed by atoms with van der Waals surface area (Å²) in [6, 6.07) is 4.53. The van der Waals surface area contributed by atoms with Crippen LogP contribution in [0.25, 0.3) is 0 Å². The van der Waals surface area contributed by atoms with E-state index in [1.165, 1.54) is 12.1 Å². The lowest BCUT2D eigenvalue weighted by Gasteiger charge is -2.29. The summed E-state index contributed by atoms with van der Waals surface area (Å²) in [6.45, 7) is 1.82. The van der Waals surface area contributed by atoms with Crippen LogP contribution < -0.4 is 11.1 Å². The number of likely N-dealkylation sites (tertiary alicyclic amines) is 1. The summed E-state index contributed by atoms with van der Waals surface area (Å²) in [5.74, 6) is -0.788. The van der Waals surface area contributed by atoms with Crippen LogP contribution in [0, 0.1) is 5.82 Å². The molecule has 2 rings (SSSR count). The Hall–Kier alpha value is -1.17. The first kappa shape index (κ1) is 14.2. The van der Waals surface area contributed by atoms with Gasteiger partial charge in [-0.15, -0.1) is 0 Å². The van der Waals surface area contributed by atoms with Crippen LogP contribution in [0.1, 0.15) is 12.8 Å². The zero-order valence-corrected chi connectivity index (χ0v) is 11.3. The summed E-state index contributed by atoms with van der Waals surface area (Å²) >= 11 is 5.85. The summed E-state index contributed by atoms with van der Waals surface area (Å²) in [6.07, 6.45) is 1.77. The monoisotopic (exact) mass is 285 g/mol. The molecule has 0 radical (unpaired) electrons. The maximum Gasteiger partial charge on any atom is 0.238 e. The van der Waals surface area contributed by atoms with Gasteiger partial charge in [0.15, 0.2) is 0 Å². The molecule has 1 heterocycles. The molecule has 0 bridgehead atoms. The Morgan fingerprint density at radius 1 is 1.47 bits per heavy atom. The van der Waals surface area contributed by atoms with Gasteiger partial charge < -0.3 is 11.1 Å². The van der Waals surface area contributed by atoms with Crippen molar-refractivity contribution in [2.45, 2.75) is 18.9 Å². The van der Waals surface area contributed by atoms with Gasteiger partial charge in [-0.05, 0) is 25.0 Å². The second-order valence-electron chi connectivity index (χ2n) is 4.76. The summed E-state index contributed by atoms with van der Waals surface area (Å²) in [4.78, 5) is 13.9. The van der Waals surface area contributed by atoms with Crippen LogP contribution in [-0.4, -0.2) is 36.5 Å². The van der Waals surface area contributed by atoms with Gasteiger partial charge in [-0.3, -0.25) is 9.69 Å². The Morgan fingerprint density at radius 3 is 2.79 bits per heavy atom. The standard InChI is InChI=1S/C13H17ClFN3O/c14-10-2-1-3-11(15)13(10)17-12(19)8-18-6-4-9(16)5-7-18/h1-3,9H,4-8,16H2,(H,17,19). The number of piperidine rings is 1. The smallest absolute Gasteiger partial charge is 0.238 e. The maximum atomic E-state index is 13.5. The lowest BCUT2D eigenvalue weighted by Crippen LogP contribution is -2.43. The molecule has 4 nitrogen and oxygen atoms in total. The Kier molecular flexibility index (Phi) is 4.74. The van der Waals surface area contributed by atoms with Gasteiger partial charge in [-0.25, -0.2) is 4.39 Å². The molecule has 1 aromatic rings. The van der Waals surface area contributed by atoms with Crippen LogP contribution in [0.5, 0.6) is 0 Å². The summed E-state index contributed by atoms with van der Waals surface area (Å²) in [5.41, 5.74) is 5.84. The second-order valence-corrected chi connectivity index (χ2v) is 5.17. The van der Waals surface area contributed by atoms with Crippen molar-refractivity contribution in [2.24, 2.45) is 5.73 Å². The molecule has 1 aliphatic heterocycles. The number of halogens is 2. The minimum absolute atomic E-state index is 0.0443. The molecule has 0 aromatic heterocycles. The van der Waals surface area contributed by atoms with Gasteiger partial charge in [0.2, 0.25) is 5.91 Å². The normalized spacial score (nSPS) is 17.4. The van der Waals surface area contributed by atoms with E-state index in [-0.39, 0.29) is 29.2 Å². The van der Waals surface area contributed by atoms with Crippen molar-refractivity contribution < 1.29 is 9.18 Å². The van der Waals surface area contributed by atoms with Crippen LogP contribution in [0.15, 0.2) is 18.2 Å². The number of hydrogen-bond donors (Lipinski definition) is 2. The van der Waals surface area contributed by atoms with Crippen molar-refractivity contribution in [1.29, 1.82) is 0 Å². The van der Waals surface area contributed by atoms with E-state index in [1.807, 2.05) is 4.90 Å². The largest absolute Gasteiger partial charge is 0.328 e. The SMILES string of the molecule is NC1CCN(CC(=O)Nc2c(F)cccc2Cl)CC1. The molecule has 1 saturated heterocycles. The lowest BCUT2D eigenvalue weighted by molar-refractivity contribution is -0.117. The summed E-state index contributed by atoms with van der Waals surface area (Å²) in [5, 5.41) is 2.72. The zero-order valence-electron chi connectivity index (χ0n) is 10.5. The number of carbonyl (C=O) groups excluding carboxylic acids is 1. The quantitative estimate of drug-likeness (QED) is 0.891. The van der Waals surface area contributed by atoms with E-state index in [1.54, 1.807) is 6.07 Å². The van der Waals surface area contributed by atoms with Crippen LogP contribution >= 0.6 is 11.6 Å². The van der Waals surface area contributed by atoms with E-state index in [4.69, 9.17) is 17.3 Å². The highest BCUT2D eigenvalue weighted by Crippen LogP contribution is 2.24. The second kappa shape index (κ2) is 6.32. The number of nitrogens with one attached hydrogen (secondary N) is 1. The molecule has 1 aromatic carbocycles. The highest BCUT2D eigenvalue weighted by Gasteiger charge is 2.19. The third kappa shape index (κ3) is 3.89. The number of rotatable bonds is 3. The molecule has 3 N–H and O–H groups in total. The number of nitrogens with zero attached hydrogens (tertiary/aromatic N) is 1. The van der Waals surface area contributed by atoms with E-state index in [9.17, 15) is 9.18 Å². The summed E-state index contributed by atoms with van der Waals surface area (Å²) < 4.78 is 13.5. The molecule has 104 valence electrons. The fourth-order valence-corrected chi connectivity index (χ4v) is 2.32. The minimum Gasteiger partial charge on any atom is -0.328 e. The van der Waals surface area contributed by atoms with Gasteiger partial charge in [-0.2, -0.15) is 0 Å². The molecule has 0 unspecified atom stereocenters. The van der Waals surface area contributed by atoms with Gasteiger partial charge in [0.1, 0.15) is 5.82 Å². The molecule has 6 heteroatoms. The van der Waals surface area contributed by atoms with Crippen molar-refractivity contribution in [1.82, 2.24) is 4.90 Å². The number of para-hydroxylation sites is 1. The molecule has 1 fully saturated rings. The minimum atomic E-state index is -0.526. The predicted molar refractivity (Wildman–Crippen MR) is 73.7 cm³/mol. The first-order chi connectivity index (χ1) is 9.06. The Labute approximate surface area is 116 Å². The molecule has 1 aliphatic rings. The van der Waals surface area contributed by atoms with Crippen molar-refractivity contribution in [3.8, 4) is 0 Å². The number of benzene rings is 1. The molecule has 0 aliphatic carbocycles. The first-order valence-corrected chi connectivity index (χ1v) is 6.66. The van der Waals surface area contributed by atoms with E-state index < -0.39 is 5.82 Å². The Morgan fingerprint density at radius 2 is 2.16 bits per heavy atom. The van der Waals surface area contributed by atoms with E-state index >= 15 is 0 Å². The van der Waals surface area contributed by atoms with Gasteiger partial charge in [0.25, 0.3) is 0 Å². The van der Waals surface area contributed by atoms with Crippen molar-refractivity contribution in [2.75, 3.05) is 25.0 Å². The third-order valence-corrected chi connectivity index (χ3v) is 3.54. The maximum absolute atomic E-state index is 13.5. The number of carbonyl (C=O) groups is 1. The fraction of sp³-hybridized carbons (Fsp3) is 0.462. The van der Waals surface area contributed by atoms with Crippen LogP contribution in [0.2, 0.25) is 5.02 Å². The Balaban J connectivity index is 1.91. The van der Waals surface area contributed by atoms with Crippen molar-refractivity contribution >= 4 is 23.2 Å². The zero-order chi connectivity index (χ0) is 13.8. The highest BCUT2D eigenvalue weighted by atomic mass is 35.5. The van der Waals surface area contributed by atoms with Crippen LogP contribution in [0.3, 0.4) is 0 Å². The average Bonchev–Trinajstić information content (AvgIpc) is 2.37. The number of nitrogens with two attached hydrogens (primary N) is 1. The number of amides is 1. The van der Waals surface area contributed by atoms with Crippen LogP contribution in [0.4, 0.5) is 10.1 Å². The molecule has 0 atom stereocenters. The topological polar surface area (TPSA) is 58.4 Å². The van der Waals surface area contributed by atoms with E-state index in [0.29, 0.717) is 0 Å². The first-order valence-electron chi connectivity index (χ1n) is 6.28. The van der Waals surface area contributed by atoms with Gasteiger partial charge in [-0.1, -0.05) is 17.7 Å². The van der Waals surface area contributed by atoms with E-state index in [2.05, 4.69) is 5.32 Å². The molecule has 0 saturated carbocycles. The van der Waals surface area contributed by atoms with Crippen LogP contribution in [-0.2, 0) is 4.79 Å². The molecular formula is C13H17ClFN3O. The number of hydrogen-bond acceptors (Lipinski definition) is 3. The number of anilines is 1. The summed E-state index contributed by atoms with van der Waals surface area (Å²) in [7, 11) is 0. The van der Waals surface area contributed by atoms with E-state index in [0.717, 1.165) is 25.9 Å². The molecule has 19 heavy (non-hydrogen) atoms. The molecular weight excluding hydrogens is 269 g/mol. The molecule has 0 spiro atoms. The third-order valence-electron chi connectivity index (χ3n) is 3.23. The average molecular weight is 286 g/mol. The van der Waals surface area contributed by atoms with Gasteiger partial charge >= 0.3 is 0 Å². The Bertz CT molecular complexity index is 441. The lowest BCUT2D eigenvalue weighted by atomic mass is 10.1. The fourth-order valence-electron chi connectivity index (χ4n) is 2.11. The van der Waals surface area contributed by atoms with Crippen molar-refractivity contribution in [3.05, 3.63) is 29.0 Å². The highest BCUT2D eigenvalue weighted by molar-refractivity contribution is 6.33.